The van der Waals surface area contributed by atoms with Gasteiger partial charge in [-0.15, -0.1) is 0 Å². The largest absolute Gasteiger partial charge is 0.369 e. The Bertz CT molecular complexity index is 704. The van der Waals surface area contributed by atoms with Gasteiger partial charge in [-0.2, -0.15) is 0 Å². The van der Waals surface area contributed by atoms with Crippen LogP contribution in [-0.4, -0.2) is 34.0 Å². The summed E-state index contributed by atoms with van der Waals surface area (Å²) in [5, 5.41) is 8.72. The molecule has 1 aliphatic heterocycles. The number of aryl methyl sites for hydroxylation is 2. The third-order valence-corrected chi connectivity index (χ3v) is 5.60. The van der Waals surface area contributed by atoms with Gasteiger partial charge in [0.15, 0.2) is 0 Å². The summed E-state index contributed by atoms with van der Waals surface area (Å²) in [6.45, 7) is 2.55. The predicted molar refractivity (Wildman–Crippen MR) is 88.6 cm³/mol. The summed E-state index contributed by atoms with van der Waals surface area (Å²) < 4.78 is 0. The molecule has 1 spiro atoms. The van der Waals surface area contributed by atoms with Crippen molar-refractivity contribution in [2.45, 2.75) is 57.4 Å². The molecule has 0 aromatic carbocycles. The van der Waals surface area contributed by atoms with E-state index in [1.54, 1.807) is 0 Å². The monoisotopic (exact) mass is 329 g/mol. The van der Waals surface area contributed by atoms with Crippen LogP contribution in [0.3, 0.4) is 0 Å². The first-order chi connectivity index (χ1) is 11.6. The lowest BCUT2D eigenvalue weighted by Gasteiger charge is -2.29. The number of urea groups is 1. The highest BCUT2D eigenvalue weighted by Gasteiger charge is 2.54. The molecule has 3 N–H and O–H groups in total. The summed E-state index contributed by atoms with van der Waals surface area (Å²) in [5.74, 6) is 1.59. The number of carbonyl (C=O) groups excluding carboxylic acids is 2. The number of nitrogens with zero attached hydrogens (tertiary/aromatic N) is 2. The molecule has 2 aliphatic carbocycles. The zero-order valence-electron chi connectivity index (χ0n) is 13.9. The van der Waals surface area contributed by atoms with Crippen LogP contribution < -0.4 is 16.0 Å². The van der Waals surface area contributed by atoms with Crippen LogP contribution in [-0.2, 0) is 17.6 Å². The number of hydrogen-bond acceptors (Lipinski definition) is 5. The van der Waals surface area contributed by atoms with E-state index >= 15 is 0 Å². The van der Waals surface area contributed by atoms with E-state index in [4.69, 9.17) is 0 Å². The van der Waals surface area contributed by atoms with Gasteiger partial charge in [-0.3, -0.25) is 10.1 Å². The standard InChI is InChI=1S/C17H23N5O2/c1-10-19-13-7-3-2-6-12(13)14(20-10)18-9-11-5-4-8-17(11)15(23)21-16(24)22-17/h11H,2-9H2,1H3,(H,18,19,20)(H2,21,22,23,24)/t11-,17-/m1/s1. The summed E-state index contributed by atoms with van der Waals surface area (Å²) in [7, 11) is 0. The fourth-order valence-corrected chi connectivity index (χ4v) is 4.41. The van der Waals surface area contributed by atoms with Crippen LogP contribution >= 0.6 is 0 Å². The average Bonchev–Trinajstić information content (AvgIpc) is 3.08. The maximum Gasteiger partial charge on any atom is 0.322 e. The first-order valence-electron chi connectivity index (χ1n) is 8.82. The van der Waals surface area contributed by atoms with Gasteiger partial charge < -0.3 is 10.6 Å². The molecule has 7 nitrogen and oxygen atoms in total. The Labute approximate surface area is 141 Å². The molecule has 4 rings (SSSR count). The highest BCUT2D eigenvalue weighted by molar-refractivity contribution is 6.07. The predicted octanol–water partition coefficient (Wildman–Crippen LogP) is 1.45. The first-order valence-corrected chi connectivity index (χ1v) is 8.82. The number of anilines is 1. The van der Waals surface area contributed by atoms with Crippen LogP contribution in [0.15, 0.2) is 0 Å². The molecule has 7 heteroatoms. The molecule has 3 amide bonds. The Balaban J connectivity index is 1.54. The van der Waals surface area contributed by atoms with Crippen LogP contribution in [0.1, 0.15) is 49.2 Å². The number of aromatic nitrogens is 2. The van der Waals surface area contributed by atoms with Crippen molar-refractivity contribution in [1.82, 2.24) is 20.6 Å². The van der Waals surface area contributed by atoms with E-state index in [9.17, 15) is 9.59 Å². The van der Waals surface area contributed by atoms with E-state index < -0.39 is 5.54 Å². The van der Waals surface area contributed by atoms with E-state index in [2.05, 4.69) is 25.9 Å². The zero-order chi connectivity index (χ0) is 16.7. The molecule has 0 bridgehead atoms. The normalized spacial score (nSPS) is 28.6. The van der Waals surface area contributed by atoms with E-state index in [-0.39, 0.29) is 17.9 Å². The molecule has 128 valence electrons. The van der Waals surface area contributed by atoms with Crippen LogP contribution in [0.4, 0.5) is 10.6 Å². The SMILES string of the molecule is Cc1nc2c(c(NC[C@H]3CCC[C@@]34NC(=O)NC4=O)n1)CCCC2. The molecule has 2 atom stereocenters. The quantitative estimate of drug-likeness (QED) is 0.730. The average molecular weight is 329 g/mol. The van der Waals surface area contributed by atoms with Crippen molar-refractivity contribution < 1.29 is 9.59 Å². The van der Waals surface area contributed by atoms with Crippen LogP contribution in [0.5, 0.6) is 0 Å². The van der Waals surface area contributed by atoms with Crippen LogP contribution in [0.2, 0.25) is 0 Å². The number of amides is 3. The van der Waals surface area contributed by atoms with Crippen molar-refractivity contribution in [3.63, 3.8) is 0 Å². The Hall–Kier alpha value is -2.18. The summed E-state index contributed by atoms with van der Waals surface area (Å²) in [6, 6.07) is -0.373. The second-order valence-electron chi connectivity index (χ2n) is 7.10. The van der Waals surface area contributed by atoms with Gasteiger partial charge in [-0.1, -0.05) is 6.42 Å². The lowest BCUT2D eigenvalue weighted by Crippen LogP contribution is -2.51. The van der Waals surface area contributed by atoms with Crippen LogP contribution in [0, 0.1) is 12.8 Å². The molecule has 2 heterocycles. The van der Waals surface area contributed by atoms with Crippen molar-refractivity contribution in [2.24, 2.45) is 5.92 Å². The van der Waals surface area contributed by atoms with Gasteiger partial charge in [0, 0.05) is 23.7 Å². The minimum Gasteiger partial charge on any atom is -0.369 e. The number of nitrogens with one attached hydrogen (secondary N) is 3. The second kappa shape index (κ2) is 5.72. The third-order valence-electron chi connectivity index (χ3n) is 5.60. The van der Waals surface area contributed by atoms with Gasteiger partial charge in [0.2, 0.25) is 0 Å². The van der Waals surface area contributed by atoms with Gasteiger partial charge in [-0.05, 0) is 45.4 Å². The molecule has 1 saturated heterocycles. The van der Waals surface area contributed by atoms with Gasteiger partial charge in [-0.25, -0.2) is 14.8 Å². The minimum atomic E-state index is -0.744. The van der Waals surface area contributed by atoms with Gasteiger partial charge in [0.1, 0.15) is 17.2 Å². The van der Waals surface area contributed by atoms with Crippen molar-refractivity contribution >= 4 is 17.8 Å². The fraction of sp³-hybridized carbons (Fsp3) is 0.647. The maximum absolute atomic E-state index is 12.3. The number of carbonyl (C=O) groups is 2. The second-order valence-corrected chi connectivity index (χ2v) is 7.10. The smallest absolute Gasteiger partial charge is 0.322 e. The molecule has 24 heavy (non-hydrogen) atoms. The molecule has 1 saturated carbocycles. The number of imide groups is 1. The Morgan fingerprint density at radius 3 is 2.83 bits per heavy atom. The topological polar surface area (TPSA) is 96.0 Å². The maximum atomic E-state index is 12.3. The summed E-state index contributed by atoms with van der Waals surface area (Å²) >= 11 is 0. The van der Waals surface area contributed by atoms with E-state index in [1.165, 1.54) is 18.4 Å². The first kappa shape index (κ1) is 15.4. The zero-order valence-corrected chi connectivity index (χ0v) is 13.9. The van der Waals surface area contributed by atoms with E-state index in [0.717, 1.165) is 43.0 Å². The molecular weight excluding hydrogens is 306 g/mol. The van der Waals surface area contributed by atoms with Crippen molar-refractivity contribution in [3.05, 3.63) is 17.1 Å². The number of rotatable bonds is 3. The lowest BCUT2D eigenvalue weighted by atomic mass is 9.87. The highest BCUT2D eigenvalue weighted by Crippen LogP contribution is 2.38. The van der Waals surface area contributed by atoms with Crippen molar-refractivity contribution in [3.8, 4) is 0 Å². The molecule has 3 aliphatic rings. The number of fused-ring (bicyclic) bond motifs is 1. The molecule has 1 aromatic rings. The van der Waals surface area contributed by atoms with Crippen molar-refractivity contribution in [1.29, 1.82) is 0 Å². The molecule has 0 radical (unpaired) electrons. The van der Waals surface area contributed by atoms with Crippen molar-refractivity contribution in [2.75, 3.05) is 11.9 Å². The highest BCUT2D eigenvalue weighted by atomic mass is 16.2. The van der Waals surface area contributed by atoms with Gasteiger partial charge in [0.25, 0.3) is 5.91 Å². The van der Waals surface area contributed by atoms with E-state index in [0.29, 0.717) is 13.0 Å². The fourth-order valence-electron chi connectivity index (χ4n) is 4.41. The third kappa shape index (κ3) is 2.42. The van der Waals surface area contributed by atoms with Crippen LogP contribution in [0.25, 0.3) is 0 Å². The summed E-state index contributed by atoms with van der Waals surface area (Å²) in [5.41, 5.74) is 1.63. The summed E-state index contributed by atoms with van der Waals surface area (Å²) in [4.78, 5) is 33.0. The number of hydrogen-bond donors (Lipinski definition) is 3. The molecule has 2 fully saturated rings. The molecule has 1 aromatic heterocycles. The molecule has 0 unspecified atom stereocenters. The van der Waals surface area contributed by atoms with Gasteiger partial charge >= 0.3 is 6.03 Å². The lowest BCUT2D eigenvalue weighted by molar-refractivity contribution is -0.125. The Morgan fingerprint density at radius 2 is 2.04 bits per heavy atom. The van der Waals surface area contributed by atoms with Gasteiger partial charge in [0.05, 0.1) is 0 Å². The van der Waals surface area contributed by atoms with E-state index in [1.807, 2.05) is 6.92 Å². The Morgan fingerprint density at radius 1 is 1.21 bits per heavy atom. The molecular formula is C17H23N5O2. The summed E-state index contributed by atoms with van der Waals surface area (Å²) in [6.07, 6.45) is 6.94. The minimum absolute atomic E-state index is 0.0819. The Kier molecular flexibility index (Phi) is 3.66.